The molecule has 0 fully saturated rings. The van der Waals surface area contributed by atoms with Crippen LogP contribution in [0.3, 0.4) is 0 Å². The predicted octanol–water partition coefficient (Wildman–Crippen LogP) is 7.87. The Kier molecular flexibility index (Phi) is 6.70. The quantitative estimate of drug-likeness (QED) is 0.219. The summed E-state index contributed by atoms with van der Waals surface area (Å²) in [5, 5.41) is 18.6. The molecule has 0 saturated heterocycles. The molecule has 6 nitrogen and oxygen atoms in total. The van der Waals surface area contributed by atoms with Gasteiger partial charge in [0.25, 0.3) is 5.89 Å². The van der Waals surface area contributed by atoms with Crippen LogP contribution in [0.4, 0.5) is 4.39 Å². The van der Waals surface area contributed by atoms with E-state index >= 15 is 4.39 Å². The van der Waals surface area contributed by atoms with Crippen molar-refractivity contribution in [1.82, 2.24) is 15.2 Å². The van der Waals surface area contributed by atoms with E-state index in [4.69, 9.17) is 37.6 Å². The average Bonchev–Trinajstić information content (AvgIpc) is 3.50. The third-order valence-electron chi connectivity index (χ3n) is 5.17. The van der Waals surface area contributed by atoms with E-state index in [1.807, 2.05) is 43.3 Å². The Bertz CT molecular complexity index is 1610. The van der Waals surface area contributed by atoms with E-state index < -0.39 is 5.82 Å². The summed E-state index contributed by atoms with van der Waals surface area (Å²) < 4.78 is 26.9. The summed E-state index contributed by atoms with van der Waals surface area (Å²) in [6.07, 6.45) is 0.0226. The van der Waals surface area contributed by atoms with Gasteiger partial charge in [-0.15, -0.1) is 21.5 Å². The molecule has 0 spiro atoms. The first-order chi connectivity index (χ1) is 17.4. The summed E-state index contributed by atoms with van der Waals surface area (Å²) in [6.45, 7) is 1.87. The van der Waals surface area contributed by atoms with Gasteiger partial charge in [0.2, 0.25) is 5.89 Å². The van der Waals surface area contributed by atoms with Gasteiger partial charge < -0.3 is 9.15 Å². The molecule has 0 unspecified atom stereocenters. The number of aromatic nitrogens is 3. The number of rotatable bonds is 6. The van der Waals surface area contributed by atoms with Crippen LogP contribution in [-0.4, -0.2) is 15.2 Å². The topological polar surface area (TPSA) is 84.8 Å². The highest BCUT2D eigenvalue weighted by atomic mass is 35.5. The van der Waals surface area contributed by atoms with Crippen LogP contribution < -0.4 is 4.74 Å². The van der Waals surface area contributed by atoms with Crippen molar-refractivity contribution < 1.29 is 13.5 Å². The molecule has 0 saturated carbocycles. The van der Waals surface area contributed by atoms with Crippen molar-refractivity contribution in [3.05, 3.63) is 99.2 Å². The van der Waals surface area contributed by atoms with Gasteiger partial charge >= 0.3 is 0 Å². The molecule has 0 amide bonds. The van der Waals surface area contributed by atoms with E-state index in [1.165, 1.54) is 41.7 Å². The van der Waals surface area contributed by atoms with Gasteiger partial charge in [0, 0.05) is 16.1 Å². The molecule has 5 rings (SSSR count). The smallest absolute Gasteiger partial charge is 0.259 e. The highest BCUT2D eigenvalue weighted by Gasteiger charge is 2.20. The SMILES string of the molecule is Cc1nc(-c2ccccc2)sc1-c1nnc(Cc2ccc(Cl)c(Oc3cc(Cl)cc(C#N)c3)c2F)o1. The lowest BCUT2D eigenvalue weighted by Crippen LogP contribution is -1.98. The molecule has 0 aliphatic rings. The zero-order chi connectivity index (χ0) is 25.2. The summed E-state index contributed by atoms with van der Waals surface area (Å²) in [4.78, 5) is 5.37. The summed E-state index contributed by atoms with van der Waals surface area (Å²) in [6, 6.07) is 19.2. The normalized spacial score (nSPS) is 10.9. The maximum absolute atomic E-state index is 15.4. The van der Waals surface area contributed by atoms with E-state index in [1.54, 1.807) is 0 Å². The Morgan fingerprint density at radius 2 is 1.89 bits per heavy atom. The largest absolute Gasteiger partial charge is 0.453 e. The molecule has 5 aromatic rings. The highest BCUT2D eigenvalue weighted by Crippen LogP contribution is 2.37. The fourth-order valence-corrected chi connectivity index (χ4v) is 4.89. The molecule has 2 heterocycles. The zero-order valence-corrected chi connectivity index (χ0v) is 21.0. The summed E-state index contributed by atoms with van der Waals surface area (Å²) in [5.74, 6) is -0.143. The third-order valence-corrected chi connectivity index (χ3v) is 6.88. The molecule has 0 atom stereocenters. The number of benzene rings is 3. The second-order valence-electron chi connectivity index (χ2n) is 7.72. The molecule has 36 heavy (non-hydrogen) atoms. The van der Waals surface area contributed by atoms with Gasteiger partial charge in [-0.05, 0) is 31.2 Å². The first-order valence-electron chi connectivity index (χ1n) is 10.6. The van der Waals surface area contributed by atoms with Crippen molar-refractivity contribution in [3.8, 4) is 38.9 Å². The van der Waals surface area contributed by atoms with Gasteiger partial charge in [-0.25, -0.2) is 9.37 Å². The van der Waals surface area contributed by atoms with Gasteiger partial charge in [-0.1, -0.05) is 59.6 Å². The summed E-state index contributed by atoms with van der Waals surface area (Å²) >= 11 is 13.7. The molecule has 2 aromatic heterocycles. The summed E-state index contributed by atoms with van der Waals surface area (Å²) in [7, 11) is 0. The monoisotopic (exact) mass is 536 g/mol. The number of thiazole rings is 1. The molecule has 0 aliphatic heterocycles. The highest BCUT2D eigenvalue weighted by molar-refractivity contribution is 7.18. The first-order valence-corrected chi connectivity index (χ1v) is 12.2. The van der Waals surface area contributed by atoms with Crippen LogP contribution in [-0.2, 0) is 6.42 Å². The maximum Gasteiger partial charge on any atom is 0.259 e. The predicted molar refractivity (Wildman–Crippen MR) is 136 cm³/mol. The minimum atomic E-state index is -0.680. The van der Waals surface area contributed by atoms with Gasteiger partial charge in [0.15, 0.2) is 11.6 Å². The first kappa shape index (κ1) is 23.9. The van der Waals surface area contributed by atoms with Crippen LogP contribution in [0.25, 0.3) is 21.3 Å². The minimum Gasteiger partial charge on any atom is -0.453 e. The molecular formula is C26H15Cl2FN4O2S. The van der Waals surface area contributed by atoms with E-state index in [0.29, 0.717) is 5.89 Å². The van der Waals surface area contributed by atoms with Crippen molar-refractivity contribution in [2.45, 2.75) is 13.3 Å². The Labute approximate surface area is 219 Å². The van der Waals surface area contributed by atoms with Crippen LogP contribution in [0.15, 0.2) is 65.1 Å². The Morgan fingerprint density at radius 1 is 1.08 bits per heavy atom. The van der Waals surface area contributed by atoms with Gasteiger partial charge in [0.1, 0.15) is 15.6 Å². The molecule has 0 aliphatic carbocycles. The lowest BCUT2D eigenvalue weighted by atomic mass is 10.1. The maximum atomic E-state index is 15.4. The van der Waals surface area contributed by atoms with E-state index in [2.05, 4.69) is 15.2 Å². The van der Waals surface area contributed by atoms with E-state index in [9.17, 15) is 0 Å². The number of nitriles is 1. The molecule has 0 bridgehead atoms. The second-order valence-corrected chi connectivity index (χ2v) is 9.56. The number of halogens is 3. The Morgan fingerprint density at radius 3 is 2.67 bits per heavy atom. The fourth-order valence-electron chi connectivity index (χ4n) is 3.49. The van der Waals surface area contributed by atoms with Gasteiger partial charge in [-0.3, -0.25) is 0 Å². The number of ether oxygens (including phenoxy) is 1. The van der Waals surface area contributed by atoms with Crippen LogP contribution in [0.5, 0.6) is 11.5 Å². The van der Waals surface area contributed by atoms with Gasteiger partial charge in [-0.2, -0.15) is 5.26 Å². The van der Waals surface area contributed by atoms with Gasteiger partial charge in [0.05, 0.1) is 28.8 Å². The number of nitrogens with zero attached hydrogens (tertiary/aromatic N) is 4. The standard InChI is InChI=1S/C26H15Cl2FN4O2S/c1-14-24(36-26(31-14)16-5-3-2-4-6-16)25-33-32-21(35-25)11-17-7-8-20(28)23(22(17)29)34-19-10-15(13-30)9-18(27)12-19/h2-10,12H,11H2,1H3. The lowest BCUT2D eigenvalue weighted by Gasteiger charge is -2.11. The van der Waals surface area contributed by atoms with Crippen LogP contribution in [0.1, 0.15) is 22.7 Å². The molecular weight excluding hydrogens is 522 g/mol. The van der Waals surface area contributed by atoms with E-state index in [0.717, 1.165) is 21.1 Å². The molecule has 178 valence electrons. The summed E-state index contributed by atoms with van der Waals surface area (Å²) in [5.41, 5.74) is 2.28. The molecule has 10 heteroatoms. The van der Waals surface area contributed by atoms with Crippen molar-refractivity contribution in [2.24, 2.45) is 0 Å². The fraction of sp³-hybridized carbons (Fsp3) is 0.0769. The molecule has 0 N–H and O–H groups in total. The van der Waals surface area contributed by atoms with Crippen LogP contribution >= 0.6 is 34.5 Å². The zero-order valence-electron chi connectivity index (χ0n) is 18.6. The number of aryl methyl sites for hydroxylation is 1. The molecule has 3 aromatic carbocycles. The van der Waals surface area contributed by atoms with Crippen molar-refractivity contribution in [1.29, 1.82) is 5.26 Å². The number of hydrogen-bond donors (Lipinski definition) is 0. The lowest BCUT2D eigenvalue weighted by molar-refractivity contribution is 0.437. The Balaban J connectivity index is 1.40. The minimum absolute atomic E-state index is 0.0226. The molecule has 0 radical (unpaired) electrons. The van der Waals surface area contributed by atoms with Crippen LogP contribution in [0, 0.1) is 24.1 Å². The van der Waals surface area contributed by atoms with Crippen molar-refractivity contribution in [3.63, 3.8) is 0 Å². The van der Waals surface area contributed by atoms with Crippen molar-refractivity contribution >= 4 is 34.5 Å². The second kappa shape index (κ2) is 10.1. The number of hydrogen-bond acceptors (Lipinski definition) is 7. The van der Waals surface area contributed by atoms with Crippen LogP contribution in [0.2, 0.25) is 10.0 Å². The average molecular weight is 537 g/mol. The van der Waals surface area contributed by atoms with E-state index in [-0.39, 0.29) is 45.0 Å². The van der Waals surface area contributed by atoms with Crippen molar-refractivity contribution in [2.75, 3.05) is 0 Å². The third kappa shape index (κ3) is 4.95. The Hall–Kier alpha value is -3.77.